The third-order valence-corrected chi connectivity index (χ3v) is 3.04. The molecule has 13 heavy (non-hydrogen) atoms. The van der Waals surface area contributed by atoms with E-state index in [4.69, 9.17) is 0 Å². The van der Waals surface area contributed by atoms with E-state index in [0.29, 0.717) is 12.8 Å². The van der Waals surface area contributed by atoms with Crippen molar-refractivity contribution in [2.24, 2.45) is 5.41 Å². The summed E-state index contributed by atoms with van der Waals surface area (Å²) in [6, 6.07) is 0. The van der Waals surface area contributed by atoms with Gasteiger partial charge in [-0.05, 0) is 24.7 Å². The molecule has 2 rings (SSSR count). The first-order valence-electron chi connectivity index (χ1n) is 4.91. The van der Waals surface area contributed by atoms with Crippen molar-refractivity contribution >= 4 is 5.91 Å². The van der Waals surface area contributed by atoms with Crippen molar-refractivity contribution < 1.29 is 9.18 Å². The molecule has 74 valence electrons. The fraction of sp³-hybridized carbons (Fsp3) is 0.900. The van der Waals surface area contributed by atoms with Crippen molar-refractivity contribution in [1.29, 1.82) is 0 Å². The second-order valence-electron chi connectivity index (χ2n) is 5.11. The molecule has 0 aromatic heterocycles. The van der Waals surface area contributed by atoms with Crippen LogP contribution < -0.4 is 0 Å². The molecule has 0 atom stereocenters. The SMILES string of the molecule is CC1(C)CCN(C(=O)C2(F)CC2)C1. The first-order valence-corrected chi connectivity index (χ1v) is 4.91. The summed E-state index contributed by atoms with van der Waals surface area (Å²) in [6.07, 6.45) is 1.86. The molecule has 1 aliphatic carbocycles. The molecular formula is C10H16FNO. The zero-order valence-corrected chi connectivity index (χ0v) is 8.27. The van der Waals surface area contributed by atoms with Gasteiger partial charge in [-0.15, -0.1) is 0 Å². The predicted molar refractivity (Wildman–Crippen MR) is 48.1 cm³/mol. The normalized spacial score (nSPS) is 29.0. The molecule has 0 aromatic rings. The van der Waals surface area contributed by atoms with E-state index in [-0.39, 0.29) is 11.3 Å². The zero-order valence-electron chi connectivity index (χ0n) is 8.27. The molecule has 1 saturated heterocycles. The van der Waals surface area contributed by atoms with Crippen molar-refractivity contribution in [2.75, 3.05) is 13.1 Å². The van der Waals surface area contributed by atoms with E-state index >= 15 is 0 Å². The van der Waals surface area contributed by atoms with Crippen LogP contribution in [0, 0.1) is 5.41 Å². The van der Waals surface area contributed by atoms with Crippen LogP contribution in [0.2, 0.25) is 0 Å². The van der Waals surface area contributed by atoms with E-state index < -0.39 is 5.67 Å². The molecule has 1 amide bonds. The van der Waals surface area contributed by atoms with Gasteiger partial charge in [0.15, 0.2) is 5.67 Å². The Morgan fingerprint density at radius 1 is 1.31 bits per heavy atom. The molecular weight excluding hydrogens is 169 g/mol. The summed E-state index contributed by atoms with van der Waals surface area (Å²) in [6.45, 7) is 5.70. The van der Waals surface area contributed by atoms with Crippen LogP contribution in [0.1, 0.15) is 33.1 Å². The summed E-state index contributed by atoms with van der Waals surface area (Å²) in [5.41, 5.74) is -1.29. The Hall–Kier alpha value is -0.600. The summed E-state index contributed by atoms with van der Waals surface area (Å²) >= 11 is 0. The number of hydrogen-bond donors (Lipinski definition) is 0. The fourth-order valence-electron chi connectivity index (χ4n) is 1.89. The number of likely N-dealkylation sites (tertiary alicyclic amines) is 1. The number of halogens is 1. The predicted octanol–water partition coefficient (Wildman–Crippen LogP) is 1.75. The highest BCUT2D eigenvalue weighted by Gasteiger charge is 2.54. The van der Waals surface area contributed by atoms with Gasteiger partial charge in [-0.1, -0.05) is 13.8 Å². The van der Waals surface area contributed by atoms with Crippen LogP contribution in [0.25, 0.3) is 0 Å². The van der Waals surface area contributed by atoms with Gasteiger partial charge in [0.25, 0.3) is 5.91 Å². The van der Waals surface area contributed by atoms with Crippen LogP contribution in [0.3, 0.4) is 0 Å². The van der Waals surface area contributed by atoms with E-state index in [1.807, 2.05) is 0 Å². The maximum absolute atomic E-state index is 13.4. The lowest BCUT2D eigenvalue weighted by atomic mass is 9.93. The summed E-state index contributed by atoms with van der Waals surface area (Å²) < 4.78 is 13.4. The number of nitrogens with zero attached hydrogens (tertiary/aromatic N) is 1. The average Bonchev–Trinajstić information content (AvgIpc) is 2.67. The monoisotopic (exact) mass is 185 g/mol. The maximum Gasteiger partial charge on any atom is 0.260 e. The van der Waals surface area contributed by atoms with Crippen LogP contribution in [0.4, 0.5) is 4.39 Å². The van der Waals surface area contributed by atoms with Crippen molar-refractivity contribution in [3.8, 4) is 0 Å². The molecule has 3 heteroatoms. The lowest BCUT2D eigenvalue weighted by Crippen LogP contribution is -2.37. The van der Waals surface area contributed by atoms with Gasteiger partial charge in [0.1, 0.15) is 0 Å². The lowest BCUT2D eigenvalue weighted by molar-refractivity contribution is -0.137. The van der Waals surface area contributed by atoms with Gasteiger partial charge in [-0.3, -0.25) is 4.79 Å². The minimum absolute atomic E-state index is 0.181. The molecule has 1 saturated carbocycles. The molecule has 2 nitrogen and oxygen atoms in total. The number of rotatable bonds is 1. The number of amides is 1. The van der Waals surface area contributed by atoms with Gasteiger partial charge in [-0.2, -0.15) is 0 Å². The van der Waals surface area contributed by atoms with Gasteiger partial charge >= 0.3 is 0 Å². The summed E-state index contributed by atoms with van der Waals surface area (Å²) in [5, 5.41) is 0. The molecule has 0 unspecified atom stereocenters. The Morgan fingerprint density at radius 2 is 1.92 bits per heavy atom. The first-order chi connectivity index (χ1) is 5.93. The van der Waals surface area contributed by atoms with Crippen LogP contribution in [-0.4, -0.2) is 29.6 Å². The average molecular weight is 185 g/mol. The summed E-state index contributed by atoms with van der Waals surface area (Å²) in [4.78, 5) is 13.3. The maximum atomic E-state index is 13.4. The van der Waals surface area contributed by atoms with Crippen LogP contribution in [-0.2, 0) is 4.79 Å². The van der Waals surface area contributed by atoms with Crippen LogP contribution in [0.15, 0.2) is 0 Å². The molecule has 1 aliphatic heterocycles. The van der Waals surface area contributed by atoms with Crippen molar-refractivity contribution in [2.45, 2.75) is 38.8 Å². The molecule has 0 bridgehead atoms. The third kappa shape index (κ3) is 1.56. The largest absolute Gasteiger partial charge is 0.339 e. The molecule has 1 heterocycles. The fourth-order valence-corrected chi connectivity index (χ4v) is 1.89. The second-order valence-corrected chi connectivity index (χ2v) is 5.11. The molecule has 2 aliphatic rings. The minimum atomic E-state index is -1.47. The second kappa shape index (κ2) is 2.46. The number of alkyl halides is 1. The Balaban J connectivity index is 2.00. The highest BCUT2D eigenvalue weighted by Crippen LogP contribution is 2.43. The van der Waals surface area contributed by atoms with E-state index in [2.05, 4.69) is 13.8 Å². The van der Waals surface area contributed by atoms with Gasteiger partial charge in [-0.25, -0.2) is 4.39 Å². The summed E-state index contributed by atoms with van der Waals surface area (Å²) in [7, 11) is 0. The van der Waals surface area contributed by atoms with Gasteiger partial charge < -0.3 is 4.90 Å². The first kappa shape index (κ1) is 8.97. The Labute approximate surface area is 78.1 Å². The van der Waals surface area contributed by atoms with Crippen molar-refractivity contribution in [1.82, 2.24) is 4.90 Å². The smallest absolute Gasteiger partial charge is 0.260 e. The molecule has 0 aromatic carbocycles. The zero-order chi connectivity index (χ0) is 9.69. The number of carbonyl (C=O) groups excluding carboxylic acids is 1. The molecule has 0 N–H and O–H groups in total. The number of hydrogen-bond acceptors (Lipinski definition) is 1. The van der Waals surface area contributed by atoms with E-state index in [1.54, 1.807) is 4.90 Å². The van der Waals surface area contributed by atoms with Crippen molar-refractivity contribution in [3.63, 3.8) is 0 Å². The minimum Gasteiger partial charge on any atom is -0.339 e. The quantitative estimate of drug-likeness (QED) is 0.609. The topological polar surface area (TPSA) is 20.3 Å². The van der Waals surface area contributed by atoms with Crippen molar-refractivity contribution in [3.05, 3.63) is 0 Å². The third-order valence-electron chi connectivity index (χ3n) is 3.04. The van der Waals surface area contributed by atoms with Crippen LogP contribution >= 0.6 is 0 Å². The Bertz CT molecular complexity index is 245. The standard InChI is InChI=1S/C10H16FNO/c1-9(2)5-6-12(7-9)8(13)10(11)3-4-10/h3-7H2,1-2H3. The molecule has 0 radical (unpaired) electrons. The van der Waals surface area contributed by atoms with Gasteiger partial charge in [0, 0.05) is 13.1 Å². The van der Waals surface area contributed by atoms with E-state index in [0.717, 1.165) is 19.5 Å². The number of carbonyl (C=O) groups is 1. The molecule has 2 fully saturated rings. The Kier molecular flexibility index (Phi) is 1.70. The highest BCUT2D eigenvalue weighted by atomic mass is 19.1. The highest BCUT2D eigenvalue weighted by molar-refractivity contribution is 5.88. The van der Waals surface area contributed by atoms with Crippen LogP contribution in [0.5, 0.6) is 0 Å². The lowest BCUT2D eigenvalue weighted by Gasteiger charge is -2.21. The Morgan fingerprint density at radius 3 is 2.31 bits per heavy atom. The molecule has 0 spiro atoms. The van der Waals surface area contributed by atoms with E-state index in [9.17, 15) is 9.18 Å². The summed E-state index contributed by atoms with van der Waals surface area (Å²) in [5.74, 6) is -0.266. The van der Waals surface area contributed by atoms with E-state index in [1.165, 1.54) is 0 Å². The van der Waals surface area contributed by atoms with Gasteiger partial charge in [0.2, 0.25) is 0 Å². The van der Waals surface area contributed by atoms with Gasteiger partial charge in [0.05, 0.1) is 0 Å².